The van der Waals surface area contributed by atoms with Gasteiger partial charge in [-0.3, -0.25) is 4.79 Å². The molecule has 1 aromatic carbocycles. The van der Waals surface area contributed by atoms with Crippen LogP contribution in [0.1, 0.15) is 36.8 Å². The van der Waals surface area contributed by atoms with E-state index in [9.17, 15) is 4.79 Å². The average molecular weight is 370 g/mol. The lowest BCUT2D eigenvalue weighted by Crippen LogP contribution is -2.37. The van der Waals surface area contributed by atoms with Crippen LogP contribution in [0, 0.1) is 0 Å². The largest absolute Gasteiger partial charge is 0.298 e. The van der Waals surface area contributed by atoms with Crippen LogP contribution in [0.15, 0.2) is 28.7 Å². The second-order valence-corrected chi connectivity index (χ2v) is 6.36. The van der Waals surface area contributed by atoms with E-state index in [1.807, 2.05) is 12.1 Å². The van der Waals surface area contributed by atoms with Gasteiger partial charge in [0.15, 0.2) is 0 Å². The topological polar surface area (TPSA) is 17.1 Å². The molecule has 0 aliphatic heterocycles. The molecule has 0 aromatic heterocycles. The molecule has 2 aliphatic carbocycles. The van der Waals surface area contributed by atoms with Crippen molar-refractivity contribution in [1.29, 1.82) is 0 Å². The van der Waals surface area contributed by atoms with Gasteiger partial charge >= 0.3 is 0 Å². The number of allylic oxidation sites excluding steroid dienone is 2. The third-order valence-electron chi connectivity index (χ3n) is 4.17. The molecular formula is C15H14Br2O. The summed E-state index contributed by atoms with van der Waals surface area (Å²) in [7, 11) is 0. The van der Waals surface area contributed by atoms with Gasteiger partial charge in [0, 0.05) is 16.2 Å². The molecule has 2 aliphatic rings. The fourth-order valence-corrected chi connectivity index (χ4v) is 5.23. The molecule has 1 atom stereocenters. The second-order valence-electron chi connectivity index (χ2n) is 5.01. The van der Waals surface area contributed by atoms with Gasteiger partial charge in [0.25, 0.3) is 0 Å². The molecule has 18 heavy (non-hydrogen) atoms. The first-order chi connectivity index (χ1) is 8.71. The third kappa shape index (κ3) is 1.53. The monoisotopic (exact) mass is 368 g/mol. The molecule has 0 bridgehead atoms. The predicted octanol–water partition coefficient (Wildman–Crippen LogP) is 4.58. The highest BCUT2D eigenvalue weighted by Crippen LogP contribution is 2.54. The summed E-state index contributed by atoms with van der Waals surface area (Å²) in [5, 5.41) is 0.791. The van der Waals surface area contributed by atoms with Crippen molar-refractivity contribution in [2.75, 3.05) is 5.33 Å². The number of Topliss-reactive ketones (excluding diaryl/α,β-unsaturated/α-hetero) is 1. The van der Waals surface area contributed by atoms with E-state index in [4.69, 9.17) is 0 Å². The standard InChI is InChI=1S/C15H14Br2O/c16-9-11-10-5-1-2-6-12(10)15(14(11)17)8-4-3-7-13(15)18/h1-2,5-6H,3-4,7-9H2. The molecule has 1 saturated carbocycles. The van der Waals surface area contributed by atoms with Crippen molar-refractivity contribution in [3.8, 4) is 0 Å². The number of ketones is 1. The highest BCUT2D eigenvalue weighted by molar-refractivity contribution is 9.12. The van der Waals surface area contributed by atoms with E-state index in [1.54, 1.807) is 0 Å². The minimum Gasteiger partial charge on any atom is -0.298 e. The summed E-state index contributed by atoms with van der Waals surface area (Å²) in [6, 6.07) is 8.34. The van der Waals surface area contributed by atoms with Crippen molar-refractivity contribution in [3.63, 3.8) is 0 Å². The maximum absolute atomic E-state index is 12.6. The second kappa shape index (κ2) is 4.61. The summed E-state index contributed by atoms with van der Waals surface area (Å²) in [4.78, 5) is 12.6. The quantitative estimate of drug-likeness (QED) is 0.662. The summed E-state index contributed by atoms with van der Waals surface area (Å²) >= 11 is 7.29. The van der Waals surface area contributed by atoms with Gasteiger partial charge in [-0.25, -0.2) is 0 Å². The van der Waals surface area contributed by atoms with Crippen LogP contribution in [0.4, 0.5) is 0 Å². The molecule has 1 fully saturated rings. The molecule has 1 unspecified atom stereocenters. The van der Waals surface area contributed by atoms with Crippen LogP contribution < -0.4 is 0 Å². The van der Waals surface area contributed by atoms with Gasteiger partial charge in [0.2, 0.25) is 0 Å². The van der Waals surface area contributed by atoms with Gasteiger partial charge in [-0.05, 0) is 29.5 Å². The highest BCUT2D eigenvalue weighted by atomic mass is 79.9. The first-order valence-corrected chi connectivity index (χ1v) is 8.21. The van der Waals surface area contributed by atoms with Crippen LogP contribution in [0.2, 0.25) is 0 Å². The molecule has 1 aromatic rings. The number of hydrogen-bond donors (Lipinski definition) is 0. The minimum absolute atomic E-state index is 0.377. The summed E-state index contributed by atoms with van der Waals surface area (Å²) in [6.07, 6.45) is 3.82. The SMILES string of the molecule is O=C1CCCCC12C(Br)=C(CBr)c1ccccc12. The zero-order valence-corrected chi connectivity index (χ0v) is 13.2. The van der Waals surface area contributed by atoms with Crippen molar-refractivity contribution < 1.29 is 4.79 Å². The van der Waals surface area contributed by atoms with Gasteiger partial charge in [-0.1, -0.05) is 62.5 Å². The summed E-state index contributed by atoms with van der Waals surface area (Å²) < 4.78 is 1.10. The number of benzene rings is 1. The lowest BCUT2D eigenvalue weighted by molar-refractivity contribution is -0.124. The Kier molecular flexibility index (Phi) is 3.23. The van der Waals surface area contributed by atoms with Crippen molar-refractivity contribution in [1.82, 2.24) is 0 Å². The summed E-state index contributed by atoms with van der Waals surface area (Å²) in [6.45, 7) is 0. The molecule has 94 valence electrons. The minimum atomic E-state index is -0.377. The predicted molar refractivity (Wildman–Crippen MR) is 81.2 cm³/mol. The number of halogens is 2. The highest BCUT2D eigenvalue weighted by Gasteiger charge is 2.49. The summed E-state index contributed by atoms with van der Waals surface area (Å²) in [5.74, 6) is 0.379. The van der Waals surface area contributed by atoms with Crippen molar-refractivity contribution in [2.45, 2.75) is 31.1 Å². The molecule has 3 heteroatoms. The van der Waals surface area contributed by atoms with Crippen LogP contribution in [0.3, 0.4) is 0 Å². The smallest absolute Gasteiger partial charge is 0.148 e. The van der Waals surface area contributed by atoms with Crippen LogP contribution in [0.25, 0.3) is 5.57 Å². The number of carbonyl (C=O) groups excluding carboxylic acids is 1. The third-order valence-corrected chi connectivity index (χ3v) is 5.88. The van der Waals surface area contributed by atoms with Crippen LogP contribution >= 0.6 is 31.9 Å². The lowest BCUT2D eigenvalue weighted by Gasteiger charge is -2.33. The molecule has 3 rings (SSSR count). The van der Waals surface area contributed by atoms with Crippen LogP contribution in [-0.2, 0) is 10.2 Å². The molecule has 0 heterocycles. The fraction of sp³-hybridized carbons (Fsp3) is 0.400. The lowest BCUT2D eigenvalue weighted by atomic mass is 9.70. The Labute approximate surface area is 124 Å². The van der Waals surface area contributed by atoms with Crippen molar-refractivity contribution in [3.05, 3.63) is 39.9 Å². The van der Waals surface area contributed by atoms with E-state index in [-0.39, 0.29) is 5.41 Å². The van der Waals surface area contributed by atoms with Gasteiger partial charge < -0.3 is 0 Å². The summed E-state index contributed by atoms with van der Waals surface area (Å²) in [5.41, 5.74) is 3.30. The Morgan fingerprint density at radius 3 is 2.72 bits per heavy atom. The Hall–Kier alpha value is -0.410. The zero-order chi connectivity index (χ0) is 12.8. The van der Waals surface area contributed by atoms with E-state index in [0.29, 0.717) is 12.2 Å². The molecule has 0 amide bonds. The molecule has 0 saturated heterocycles. The van der Waals surface area contributed by atoms with Crippen LogP contribution in [-0.4, -0.2) is 11.1 Å². The Balaban J connectivity index is 2.27. The molecule has 1 nitrogen and oxygen atoms in total. The normalized spacial score (nSPS) is 26.9. The van der Waals surface area contributed by atoms with Crippen molar-refractivity contribution in [2.24, 2.45) is 0 Å². The average Bonchev–Trinajstić information content (AvgIpc) is 2.64. The number of fused-ring (bicyclic) bond motifs is 2. The zero-order valence-electron chi connectivity index (χ0n) is 10.0. The maximum Gasteiger partial charge on any atom is 0.148 e. The van der Waals surface area contributed by atoms with E-state index in [1.165, 1.54) is 16.7 Å². The number of rotatable bonds is 1. The molecular weight excluding hydrogens is 356 g/mol. The fourth-order valence-electron chi connectivity index (χ4n) is 3.29. The maximum atomic E-state index is 12.6. The van der Waals surface area contributed by atoms with Gasteiger partial charge in [-0.15, -0.1) is 0 Å². The Bertz CT molecular complexity index is 547. The Morgan fingerprint density at radius 2 is 2.00 bits per heavy atom. The van der Waals surface area contributed by atoms with Crippen molar-refractivity contribution >= 4 is 43.2 Å². The first kappa shape index (κ1) is 12.6. The Morgan fingerprint density at radius 1 is 1.22 bits per heavy atom. The molecule has 0 N–H and O–H groups in total. The van der Waals surface area contributed by atoms with E-state index in [0.717, 1.165) is 29.1 Å². The van der Waals surface area contributed by atoms with E-state index < -0.39 is 0 Å². The number of hydrogen-bond acceptors (Lipinski definition) is 1. The van der Waals surface area contributed by atoms with Gasteiger partial charge in [-0.2, -0.15) is 0 Å². The van der Waals surface area contributed by atoms with E-state index >= 15 is 0 Å². The number of carbonyl (C=O) groups is 1. The number of alkyl halides is 1. The molecule has 1 spiro atoms. The van der Waals surface area contributed by atoms with E-state index in [2.05, 4.69) is 44.0 Å². The van der Waals surface area contributed by atoms with Gasteiger partial charge in [0.1, 0.15) is 5.78 Å². The molecule has 0 radical (unpaired) electrons. The van der Waals surface area contributed by atoms with Gasteiger partial charge in [0.05, 0.1) is 5.41 Å². The van der Waals surface area contributed by atoms with Crippen LogP contribution in [0.5, 0.6) is 0 Å². The first-order valence-electron chi connectivity index (χ1n) is 6.30.